The summed E-state index contributed by atoms with van der Waals surface area (Å²) in [4.78, 5) is 0. The Kier molecular flexibility index (Phi) is 10.9. The zero-order valence-electron chi connectivity index (χ0n) is 19.8. The van der Waals surface area contributed by atoms with Gasteiger partial charge in [-0.15, -0.1) is 0 Å². The second-order valence-electron chi connectivity index (χ2n) is 12.1. The number of unbranched alkanes of at least 4 members (excludes halogenated alkanes) is 7. The van der Waals surface area contributed by atoms with Crippen LogP contribution in [-0.2, 0) is 0 Å². The van der Waals surface area contributed by atoms with Gasteiger partial charge in [-0.2, -0.15) is 0 Å². The Hall–Kier alpha value is 0.434. The summed E-state index contributed by atoms with van der Waals surface area (Å²) in [6.07, 6.45) is 14.5. The molecule has 0 fully saturated rings. The molecule has 0 radical (unpaired) electrons. The average Bonchev–Trinajstić information content (AvgIpc) is 2.37. The predicted molar refractivity (Wildman–Crippen MR) is 125 cm³/mol. The molecule has 2 heteroatoms. The lowest BCUT2D eigenvalue weighted by Crippen LogP contribution is -2.42. The van der Waals surface area contributed by atoms with Gasteiger partial charge in [0.1, 0.15) is 0 Å². The first-order valence-electron chi connectivity index (χ1n) is 11.2. The lowest BCUT2D eigenvalue weighted by molar-refractivity contribution is 0.292. The van der Waals surface area contributed by atoms with E-state index < -0.39 is 16.1 Å². The third-order valence-electron chi connectivity index (χ3n) is 6.27. The van der Waals surface area contributed by atoms with Gasteiger partial charge in [-0.25, -0.2) is 0 Å². The van der Waals surface area contributed by atoms with Crippen LogP contribution in [0.25, 0.3) is 0 Å². The molecule has 0 nitrogen and oxygen atoms in total. The minimum Gasteiger partial charge on any atom is -0.0695 e. The summed E-state index contributed by atoms with van der Waals surface area (Å²) in [7, 11) is -2.16. The van der Waals surface area contributed by atoms with Crippen molar-refractivity contribution in [1.29, 1.82) is 0 Å². The molecule has 1 unspecified atom stereocenters. The van der Waals surface area contributed by atoms with Crippen LogP contribution < -0.4 is 0 Å². The van der Waals surface area contributed by atoms with Crippen LogP contribution in [0, 0.1) is 5.41 Å². The number of rotatable bonds is 14. The maximum absolute atomic E-state index is 2.65. The standard InChI is InChI=1S/C23H52Si2/c1-11-12-13-14-15-16-17-18-19-23(4,25(8,9)10)20-22(2,3)21-24(5,6)7/h11-21H2,1-10H3. The van der Waals surface area contributed by atoms with Crippen LogP contribution in [0.4, 0.5) is 0 Å². The largest absolute Gasteiger partial charge is 0.0695 e. The topological polar surface area (TPSA) is 0 Å². The minimum absolute atomic E-state index is 0.514. The van der Waals surface area contributed by atoms with Gasteiger partial charge in [0, 0.05) is 8.07 Å². The molecule has 1 atom stereocenters. The van der Waals surface area contributed by atoms with Gasteiger partial charge in [0.25, 0.3) is 0 Å². The third-order valence-corrected chi connectivity index (χ3v) is 12.3. The van der Waals surface area contributed by atoms with E-state index in [4.69, 9.17) is 0 Å². The molecule has 0 bridgehead atoms. The minimum atomic E-state index is -1.17. The van der Waals surface area contributed by atoms with Gasteiger partial charge in [0.15, 0.2) is 0 Å². The highest BCUT2D eigenvalue weighted by Gasteiger charge is 2.43. The van der Waals surface area contributed by atoms with E-state index >= 15 is 0 Å². The molecule has 25 heavy (non-hydrogen) atoms. The van der Waals surface area contributed by atoms with E-state index in [2.05, 4.69) is 67.0 Å². The SMILES string of the molecule is CCCCCCCCCCC(C)(CC(C)(C)C[Si](C)(C)C)[Si](C)(C)C. The first-order valence-corrected chi connectivity index (χ1v) is 18.4. The Morgan fingerprint density at radius 1 is 0.640 bits per heavy atom. The average molecular weight is 385 g/mol. The lowest BCUT2D eigenvalue weighted by atomic mass is 9.82. The summed E-state index contributed by atoms with van der Waals surface area (Å²) in [5.41, 5.74) is 0.514. The molecule has 152 valence electrons. The van der Waals surface area contributed by atoms with E-state index in [0.29, 0.717) is 10.5 Å². The highest BCUT2D eigenvalue weighted by molar-refractivity contribution is 6.79. The molecule has 0 aromatic rings. The molecular weight excluding hydrogens is 332 g/mol. The Bertz CT molecular complexity index is 346. The van der Waals surface area contributed by atoms with Crippen molar-refractivity contribution < 1.29 is 0 Å². The van der Waals surface area contributed by atoms with Crippen molar-refractivity contribution in [2.24, 2.45) is 5.41 Å². The van der Waals surface area contributed by atoms with Crippen LogP contribution in [-0.4, -0.2) is 16.1 Å². The first kappa shape index (κ1) is 25.4. The summed E-state index contributed by atoms with van der Waals surface area (Å²) in [5.74, 6) is 0. The van der Waals surface area contributed by atoms with Gasteiger partial charge in [-0.1, -0.05) is 131 Å². The molecule has 0 heterocycles. The van der Waals surface area contributed by atoms with Gasteiger partial charge in [-0.3, -0.25) is 0 Å². The summed E-state index contributed by atoms with van der Waals surface area (Å²) in [6, 6.07) is 1.47. The molecule has 0 aliphatic carbocycles. The summed E-state index contributed by atoms with van der Waals surface area (Å²) in [6.45, 7) is 25.5. The highest BCUT2D eigenvalue weighted by Crippen LogP contribution is 2.52. The van der Waals surface area contributed by atoms with Crippen LogP contribution in [0.15, 0.2) is 0 Å². The van der Waals surface area contributed by atoms with E-state index in [1.54, 1.807) is 0 Å². The fourth-order valence-electron chi connectivity index (χ4n) is 4.93. The van der Waals surface area contributed by atoms with Crippen LogP contribution >= 0.6 is 0 Å². The second-order valence-corrected chi connectivity index (χ2v) is 23.3. The van der Waals surface area contributed by atoms with Gasteiger partial charge >= 0.3 is 0 Å². The van der Waals surface area contributed by atoms with Crippen molar-refractivity contribution in [3.63, 3.8) is 0 Å². The van der Waals surface area contributed by atoms with Crippen molar-refractivity contribution in [3.05, 3.63) is 0 Å². The van der Waals surface area contributed by atoms with Crippen molar-refractivity contribution >= 4 is 16.1 Å². The maximum Gasteiger partial charge on any atom is 0.0502 e. The van der Waals surface area contributed by atoms with E-state index in [1.165, 1.54) is 70.3 Å². The molecule has 0 rings (SSSR count). The van der Waals surface area contributed by atoms with Gasteiger partial charge in [0.05, 0.1) is 8.07 Å². The van der Waals surface area contributed by atoms with Gasteiger partial charge in [0.2, 0.25) is 0 Å². The van der Waals surface area contributed by atoms with E-state index in [-0.39, 0.29) is 0 Å². The van der Waals surface area contributed by atoms with E-state index in [0.717, 1.165) is 0 Å². The zero-order chi connectivity index (χ0) is 19.8. The smallest absolute Gasteiger partial charge is 0.0502 e. The normalized spacial score (nSPS) is 16.1. The van der Waals surface area contributed by atoms with Crippen molar-refractivity contribution in [2.75, 3.05) is 0 Å². The van der Waals surface area contributed by atoms with E-state index in [1.807, 2.05) is 0 Å². The number of hydrogen-bond acceptors (Lipinski definition) is 0. The molecule has 0 saturated heterocycles. The van der Waals surface area contributed by atoms with Crippen LogP contribution in [0.5, 0.6) is 0 Å². The lowest BCUT2D eigenvalue weighted by Gasteiger charge is -2.47. The Morgan fingerprint density at radius 3 is 1.48 bits per heavy atom. The Balaban J connectivity index is 4.53. The third kappa shape index (κ3) is 11.7. The molecule has 0 aromatic carbocycles. The first-order chi connectivity index (χ1) is 11.2. The maximum atomic E-state index is 2.65. The van der Waals surface area contributed by atoms with Crippen LogP contribution in [0.1, 0.15) is 91.9 Å². The monoisotopic (exact) mass is 384 g/mol. The van der Waals surface area contributed by atoms with Crippen molar-refractivity contribution in [1.82, 2.24) is 0 Å². The molecule has 0 saturated carbocycles. The molecule has 0 aliphatic rings. The zero-order valence-corrected chi connectivity index (χ0v) is 21.8. The summed E-state index contributed by atoms with van der Waals surface area (Å²) >= 11 is 0. The molecule has 0 amide bonds. The van der Waals surface area contributed by atoms with Crippen molar-refractivity contribution in [2.45, 2.75) is 142 Å². The Morgan fingerprint density at radius 2 is 1.08 bits per heavy atom. The molecule has 0 aromatic heterocycles. The van der Waals surface area contributed by atoms with Crippen molar-refractivity contribution in [3.8, 4) is 0 Å². The Labute approximate surface area is 164 Å². The second kappa shape index (κ2) is 10.7. The molecule has 0 N–H and O–H groups in total. The predicted octanol–water partition coefficient (Wildman–Crippen LogP) is 9.37. The van der Waals surface area contributed by atoms with Gasteiger partial charge in [-0.05, 0) is 16.9 Å². The summed E-state index contributed by atoms with van der Waals surface area (Å²) < 4.78 is 0. The van der Waals surface area contributed by atoms with Crippen LogP contribution in [0.3, 0.4) is 0 Å². The molecule has 0 spiro atoms. The fourth-order valence-corrected chi connectivity index (χ4v) is 9.86. The quantitative estimate of drug-likeness (QED) is 0.206. The van der Waals surface area contributed by atoms with E-state index in [9.17, 15) is 0 Å². The summed E-state index contributed by atoms with van der Waals surface area (Å²) in [5, 5.41) is 0.596. The number of hydrogen-bond donors (Lipinski definition) is 0. The van der Waals surface area contributed by atoms with Gasteiger partial charge < -0.3 is 0 Å². The molecule has 0 aliphatic heterocycles. The van der Waals surface area contributed by atoms with Crippen LogP contribution in [0.2, 0.25) is 50.4 Å². The highest BCUT2D eigenvalue weighted by atomic mass is 28.3. The molecular formula is C23H52Si2. The fraction of sp³-hybridized carbons (Fsp3) is 1.00.